The number of benzene rings is 2. The molecular formula is C22H26N2O2. The lowest BCUT2D eigenvalue weighted by atomic mass is 9.76. The van der Waals surface area contributed by atoms with E-state index < -0.39 is 0 Å². The standard InChI is InChI=1S/C22H26N2O2/c1-15(22(23)26)20(18(14-25)11-16-7-3-2-4-8-16)12-17-13-24-21-10-6-5-9-19(17)21/h2-10,13,15,18,20,24-25H,11-12,14H2,1H3,(H2,23,26). The predicted molar refractivity (Wildman–Crippen MR) is 105 cm³/mol. The van der Waals surface area contributed by atoms with Crippen molar-refractivity contribution in [2.75, 3.05) is 6.61 Å². The van der Waals surface area contributed by atoms with Gasteiger partial charge in [-0.25, -0.2) is 0 Å². The molecule has 0 saturated carbocycles. The maximum atomic E-state index is 11.9. The van der Waals surface area contributed by atoms with Gasteiger partial charge in [-0.05, 0) is 41.9 Å². The number of hydrogen-bond donors (Lipinski definition) is 3. The summed E-state index contributed by atoms with van der Waals surface area (Å²) in [5.41, 5.74) is 9.03. The number of H-pyrrole nitrogens is 1. The molecule has 0 bridgehead atoms. The molecule has 0 aliphatic rings. The molecule has 0 radical (unpaired) electrons. The molecule has 0 aliphatic heterocycles. The summed E-state index contributed by atoms with van der Waals surface area (Å²) in [6, 6.07) is 18.2. The molecule has 0 saturated heterocycles. The third kappa shape index (κ3) is 3.97. The fraction of sp³-hybridized carbons (Fsp3) is 0.318. The fourth-order valence-corrected chi connectivity index (χ4v) is 3.79. The number of aromatic amines is 1. The van der Waals surface area contributed by atoms with Crippen LogP contribution in [0, 0.1) is 17.8 Å². The van der Waals surface area contributed by atoms with E-state index in [2.05, 4.69) is 23.2 Å². The number of rotatable bonds is 8. The number of aliphatic hydroxyl groups is 1. The van der Waals surface area contributed by atoms with E-state index in [1.807, 2.05) is 49.5 Å². The Bertz CT molecular complexity index is 857. The fourth-order valence-electron chi connectivity index (χ4n) is 3.79. The monoisotopic (exact) mass is 350 g/mol. The SMILES string of the molecule is CC(C(N)=O)C(Cc1c[nH]c2ccccc12)C(CO)Cc1ccccc1. The van der Waals surface area contributed by atoms with Crippen molar-refractivity contribution in [3.8, 4) is 0 Å². The van der Waals surface area contributed by atoms with Crippen LogP contribution in [-0.4, -0.2) is 22.6 Å². The van der Waals surface area contributed by atoms with Crippen LogP contribution < -0.4 is 5.73 Å². The number of para-hydroxylation sites is 1. The second kappa shape index (κ2) is 8.19. The summed E-state index contributed by atoms with van der Waals surface area (Å²) in [7, 11) is 0. The largest absolute Gasteiger partial charge is 0.396 e. The molecule has 3 unspecified atom stereocenters. The van der Waals surface area contributed by atoms with E-state index in [0.29, 0.717) is 6.42 Å². The molecule has 26 heavy (non-hydrogen) atoms. The minimum absolute atomic E-state index is 0.0273. The summed E-state index contributed by atoms with van der Waals surface area (Å²) in [6.45, 7) is 1.90. The number of fused-ring (bicyclic) bond motifs is 1. The molecule has 136 valence electrons. The highest BCUT2D eigenvalue weighted by Gasteiger charge is 2.30. The minimum Gasteiger partial charge on any atom is -0.396 e. The number of aromatic nitrogens is 1. The smallest absolute Gasteiger partial charge is 0.220 e. The van der Waals surface area contributed by atoms with Crippen LogP contribution in [0.4, 0.5) is 0 Å². The van der Waals surface area contributed by atoms with E-state index >= 15 is 0 Å². The first-order chi connectivity index (χ1) is 12.6. The highest BCUT2D eigenvalue weighted by atomic mass is 16.3. The van der Waals surface area contributed by atoms with Gasteiger partial charge in [0.2, 0.25) is 5.91 Å². The van der Waals surface area contributed by atoms with Gasteiger partial charge in [0.25, 0.3) is 0 Å². The summed E-state index contributed by atoms with van der Waals surface area (Å²) < 4.78 is 0. The van der Waals surface area contributed by atoms with Crippen LogP contribution >= 0.6 is 0 Å². The van der Waals surface area contributed by atoms with Crippen LogP contribution in [0.5, 0.6) is 0 Å². The molecule has 0 aliphatic carbocycles. The lowest BCUT2D eigenvalue weighted by molar-refractivity contribution is -0.123. The lowest BCUT2D eigenvalue weighted by Crippen LogP contribution is -2.35. The van der Waals surface area contributed by atoms with Gasteiger partial charge in [0.1, 0.15) is 0 Å². The Labute approximate surface area is 154 Å². The van der Waals surface area contributed by atoms with Gasteiger partial charge in [0, 0.05) is 29.6 Å². The normalized spacial score (nSPS) is 14.8. The van der Waals surface area contributed by atoms with Crippen LogP contribution in [0.1, 0.15) is 18.1 Å². The first-order valence-corrected chi connectivity index (χ1v) is 9.09. The third-order valence-corrected chi connectivity index (χ3v) is 5.40. The quantitative estimate of drug-likeness (QED) is 0.583. The summed E-state index contributed by atoms with van der Waals surface area (Å²) >= 11 is 0. The van der Waals surface area contributed by atoms with Crippen molar-refractivity contribution in [2.45, 2.75) is 19.8 Å². The van der Waals surface area contributed by atoms with Gasteiger partial charge in [-0.3, -0.25) is 4.79 Å². The van der Waals surface area contributed by atoms with Gasteiger partial charge in [-0.15, -0.1) is 0 Å². The summed E-state index contributed by atoms with van der Waals surface area (Å²) in [6.07, 6.45) is 3.43. The van der Waals surface area contributed by atoms with Gasteiger partial charge in [0.05, 0.1) is 0 Å². The van der Waals surface area contributed by atoms with E-state index in [-0.39, 0.29) is 30.3 Å². The summed E-state index contributed by atoms with van der Waals surface area (Å²) in [5, 5.41) is 11.2. The summed E-state index contributed by atoms with van der Waals surface area (Å²) in [5.74, 6) is -0.698. The molecule has 3 rings (SSSR count). The maximum Gasteiger partial charge on any atom is 0.220 e. The average molecular weight is 350 g/mol. The van der Waals surface area contributed by atoms with Crippen molar-refractivity contribution in [1.29, 1.82) is 0 Å². The van der Waals surface area contributed by atoms with Crippen molar-refractivity contribution in [3.63, 3.8) is 0 Å². The van der Waals surface area contributed by atoms with Crippen LogP contribution in [0.25, 0.3) is 10.9 Å². The Morgan fingerprint density at radius 1 is 1.08 bits per heavy atom. The third-order valence-electron chi connectivity index (χ3n) is 5.40. The number of carbonyl (C=O) groups is 1. The van der Waals surface area contributed by atoms with Crippen LogP contribution in [0.3, 0.4) is 0 Å². The van der Waals surface area contributed by atoms with E-state index in [0.717, 1.165) is 28.5 Å². The van der Waals surface area contributed by atoms with Crippen LogP contribution in [-0.2, 0) is 17.6 Å². The Morgan fingerprint density at radius 2 is 1.77 bits per heavy atom. The second-order valence-corrected chi connectivity index (χ2v) is 7.05. The first-order valence-electron chi connectivity index (χ1n) is 9.09. The van der Waals surface area contributed by atoms with Gasteiger partial charge in [-0.2, -0.15) is 0 Å². The second-order valence-electron chi connectivity index (χ2n) is 7.05. The van der Waals surface area contributed by atoms with Crippen molar-refractivity contribution in [1.82, 2.24) is 4.98 Å². The molecule has 1 aromatic heterocycles. The molecule has 0 spiro atoms. The molecule has 0 fully saturated rings. The summed E-state index contributed by atoms with van der Waals surface area (Å²) in [4.78, 5) is 15.2. The molecule has 3 atom stereocenters. The Morgan fingerprint density at radius 3 is 2.46 bits per heavy atom. The number of hydrogen-bond acceptors (Lipinski definition) is 2. The zero-order chi connectivity index (χ0) is 18.5. The van der Waals surface area contributed by atoms with Crippen LogP contribution in [0.2, 0.25) is 0 Å². The molecule has 1 amide bonds. The zero-order valence-electron chi connectivity index (χ0n) is 15.1. The van der Waals surface area contributed by atoms with Crippen molar-refractivity contribution < 1.29 is 9.90 Å². The van der Waals surface area contributed by atoms with E-state index in [1.54, 1.807) is 0 Å². The average Bonchev–Trinajstić information content (AvgIpc) is 3.07. The Balaban J connectivity index is 1.89. The molecule has 3 aromatic rings. The Kier molecular flexibility index (Phi) is 5.74. The van der Waals surface area contributed by atoms with E-state index in [9.17, 15) is 9.90 Å². The topological polar surface area (TPSA) is 79.1 Å². The number of nitrogens with two attached hydrogens (primary N) is 1. The number of aliphatic hydroxyl groups excluding tert-OH is 1. The van der Waals surface area contributed by atoms with Crippen LogP contribution in [0.15, 0.2) is 60.8 Å². The van der Waals surface area contributed by atoms with Gasteiger partial charge in [0.15, 0.2) is 0 Å². The number of carbonyl (C=O) groups excluding carboxylic acids is 1. The van der Waals surface area contributed by atoms with E-state index in [1.165, 1.54) is 0 Å². The van der Waals surface area contributed by atoms with Gasteiger partial charge < -0.3 is 15.8 Å². The molecule has 1 heterocycles. The maximum absolute atomic E-state index is 11.9. The zero-order valence-corrected chi connectivity index (χ0v) is 15.1. The molecule has 4 N–H and O–H groups in total. The van der Waals surface area contributed by atoms with Crippen molar-refractivity contribution >= 4 is 16.8 Å². The van der Waals surface area contributed by atoms with Gasteiger partial charge in [-0.1, -0.05) is 55.5 Å². The van der Waals surface area contributed by atoms with E-state index in [4.69, 9.17) is 5.73 Å². The Hall–Kier alpha value is -2.59. The first kappa shape index (κ1) is 18.2. The number of primary amides is 1. The predicted octanol–water partition coefficient (Wildman–Crippen LogP) is 3.30. The molecule has 2 aromatic carbocycles. The molecule has 4 heteroatoms. The van der Waals surface area contributed by atoms with Crippen molar-refractivity contribution in [2.24, 2.45) is 23.5 Å². The lowest BCUT2D eigenvalue weighted by Gasteiger charge is -2.29. The number of amides is 1. The molecular weight excluding hydrogens is 324 g/mol. The molecule has 4 nitrogen and oxygen atoms in total. The highest BCUT2D eigenvalue weighted by molar-refractivity contribution is 5.83. The minimum atomic E-state index is -0.318. The van der Waals surface area contributed by atoms with Gasteiger partial charge >= 0.3 is 0 Å². The van der Waals surface area contributed by atoms with Crippen molar-refractivity contribution in [3.05, 3.63) is 71.9 Å². The number of nitrogens with one attached hydrogen (secondary N) is 1. The highest BCUT2D eigenvalue weighted by Crippen LogP contribution is 2.31.